The number of carbonyl (C=O) groups excluding carboxylic acids is 1. The molecule has 18 heavy (non-hydrogen) atoms. The highest BCUT2D eigenvalue weighted by atomic mass is 16.5. The van der Waals surface area contributed by atoms with Crippen molar-refractivity contribution in [1.82, 2.24) is 15.5 Å². The van der Waals surface area contributed by atoms with E-state index < -0.39 is 0 Å². The van der Waals surface area contributed by atoms with Crippen molar-refractivity contribution in [2.75, 3.05) is 46.9 Å². The van der Waals surface area contributed by atoms with Gasteiger partial charge in [0.1, 0.15) is 0 Å². The number of hydrogen-bond donors (Lipinski definition) is 2. The topological polar surface area (TPSA) is 53.6 Å². The third kappa shape index (κ3) is 6.33. The Morgan fingerprint density at radius 1 is 1.39 bits per heavy atom. The third-order valence-corrected chi connectivity index (χ3v) is 3.35. The molecule has 1 amide bonds. The van der Waals surface area contributed by atoms with Gasteiger partial charge in [0.15, 0.2) is 0 Å². The highest BCUT2D eigenvalue weighted by Crippen LogP contribution is 2.08. The van der Waals surface area contributed by atoms with Gasteiger partial charge in [-0.25, -0.2) is 0 Å². The molecular weight excluding hydrogens is 230 g/mol. The van der Waals surface area contributed by atoms with Crippen LogP contribution < -0.4 is 10.6 Å². The third-order valence-electron chi connectivity index (χ3n) is 3.35. The van der Waals surface area contributed by atoms with Crippen molar-refractivity contribution in [1.29, 1.82) is 0 Å². The quantitative estimate of drug-likeness (QED) is 0.685. The lowest BCUT2D eigenvalue weighted by atomic mass is 10.1. The average Bonchev–Trinajstić information content (AvgIpc) is 2.65. The summed E-state index contributed by atoms with van der Waals surface area (Å²) in [6.07, 6.45) is 4.53. The van der Waals surface area contributed by atoms with Crippen LogP contribution >= 0.6 is 0 Å². The largest absolute Gasteiger partial charge is 0.383 e. The van der Waals surface area contributed by atoms with E-state index in [1.165, 1.54) is 12.8 Å². The molecule has 5 heteroatoms. The van der Waals surface area contributed by atoms with Gasteiger partial charge < -0.3 is 20.3 Å². The summed E-state index contributed by atoms with van der Waals surface area (Å²) in [6, 6.07) is 0.0109. The molecule has 0 bridgehead atoms. The maximum Gasteiger partial charge on any atom is 0.237 e. The molecule has 1 rings (SSSR count). The number of carbonyl (C=O) groups is 1. The number of rotatable bonds is 7. The van der Waals surface area contributed by atoms with Crippen molar-refractivity contribution in [2.24, 2.45) is 0 Å². The number of likely N-dealkylation sites (N-methyl/N-ethyl adjacent to an activating group) is 1. The van der Waals surface area contributed by atoms with Gasteiger partial charge in [0, 0.05) is 26.7 Å². The van der Waals surface area contributed by atoms with Crippen LogP contribution in [0, 0.1) is 0 Å². The molecule has 1 aliphatic rings. The van der Waals surface area contributed by atoms with Crippen LogP contribution in [0.1, 0.15) is 25.7 Å². The summed E-state index contributed by atoms with van der Waals surface area (Å²) in [5, 5.41) is 6.31. The first-order valence-corrected chi connectivity index (χ1v) is 6.92. The molecule has 1 saturated heterocycles. The van der Waals surface area contributed by atoms with Crippen molar-refractivity contribution in [2.45, 2.75) is 31.7 Å². The lowest BCUT2D eigenvalue weighted by molar-refractivity contribution is -0.123. The standard InChI is InChI=1S/C13H27N3O2/c1-16(10-11-18-2)9-8-15-13(17)12-6-4-3-5-7-14-12/h12,14H,3-11H2,1-2H3,(H,15,17). The van der Waals surface area contributed by atoms with Gasteiger partial charge in [-0.2, -0.15) is 0 Å². The van der Waals surface area contributed by atoms with Gasteiger partial charge in [-0.3, -0.25) is 4.79 Å². The zero-order valence-electron chi connectivity index (χ0n) is 11.7. The second-order valence-corrected chi connectivity index (χ2v) is 4.94. The van der Waals surface area contributed by atoms with Gasteiger partial charge in [-0.05, 0) is 26.4 Å². The predicted octanol–water partition coefficient (Wildman–Crippen LogP) is 0.213. The van der Waals surface area contributed by atoms with Crippen molar-refractivity contribution in [3.63, 3.8) is 0 Å². The minimum atomic E-state index is 0.0109. The fourth-order valence-corrected chi connectivity index (χ4v) is 2.10. The maximum absolute atomic E-state index is 11.9. The van der Waals surface area contributed by atoms with Crippen LogP contribution in [-0.2, 0) is 9.53 Å². The molecule has 0 aliphatic carbocycles. The Bertz CT molecular complexity index is 228. The van der Waals surface area contributed by atoms with E-state index in [9.17, 15) is 4.79 Å². The van der Waals surface area contributed by atoms with Gasteiger partial charge in [-0.1, -0.05) is 12.8 Å². The molecule has 0 saturated carbocycles. The Morgan fingerprint density at radius 2 is 2.22 bits per heavy atom. The van der Waals surface area contributed by atoms with E-state index in [1.54, 1.807) is 7.11 Å². The van der Waals surface area contributed by atoms with Gasteiger partial charge in [0.2, 0.25) is 5.91 Å². The minimum absolute atomic E-state index is 0.0109. The molecule has 1 heterocycles. The zero-order chi connectivity index (χ0) is 13.2. The molecule has 0 aromatic carbocycles. The van der Waals surface area contributed by atoms with Crippen molar-refractivity contribution in [3.8, 4) is 0 Å². The highest BCUT2D eigenvalue weighted by Gasteiger charge is 2.18. The fourth-order valence-electron chi connectivity index (χ4n) is 2.10. The van der Waals surface area contributed by atoms with Crippen LogP contribution in [0.3, 0.4) is 0 Å². The Morgan fingerprint density at radius 3 is 3.00 bits per heavy atom. The lowest BCUT2D eigenvalue weighted by Crippen LogP contribution is -2.45. The smallest absolute Gasteiger partial charge is 0.237 e. The summed E-state index contributed by atoms with van der Waals surface area (Å²) in [4.78, 5) is 14.1. The van der Waals surface area contributed by atoms with E-state index >= 15 is 0 Å². The maximum atomic E-state index is 11.9. The first-order chi connectivity index (χ1) is 8.74. The van der Waals surface area contributed by atoms with Gasteiger partial charge in [-0.15, -0.1) is 0 Å². The summed E-state index contributed by atoms with van der Waals surface area (Å²) in [7, 11) is 3.74. The normalized spacial score (nSPS) is 20.7. The molecule has 106 valence electrons. The second-order valence-electron chi connectivity index (χ2n) is 4.94. The zero-order valence-corrected chi connectivity index (χ0v) is 11.7. The van der Waals surface area contributed by atoms with Gasteiger partial charge >= 0.3 is 0 Å². The molecule has 0 spiro atoms. The predicted molar refractivity (Wildman–Crippen MR) is 72.6 cm³/mol. The molecule has 0 radical (unpaired) electrons. The molecule has 1 aliphatic heterocycles. The van der Waals surface area contributed by atoms with E-state index in [-0.39, 0.29) is 11.9 Å². The van der Waals surface area contributed by atoms with Crippen molar-refractivity contribution in [3.05, 3.63) is 0 Å². The van der Waals surface area contributed by atoms with Crippen LogP contribution in [0.25, 0.3) is 0 Å². The number of nitrogens with zero attached hydrogens (tertiary/aromatic N) is 1. The minimum Gasteiger partial charge on any atom is -0.383 e. The van der Waals surface area contributed by atoms with Crippen LogP contribution in [0.2, 0.25) is 0 Å². The Labute approximate surface area is 110 Å². The number of nitrogens with one attached hydrogen (secondary N) is 2. The monoisotopic (exact) mass is 257 g/mol. The van der Waals surface area contributed by atoms with Crippen LogP contribution in [0.4, 0.5) is 0 Å². The fraction of sp³-hybridized carbons (Fsp3) is 0.923. The summed E-state index contributed by atoms with van der Waals surface area (Å²) < 4.78 is 5.01. The Balaban J connectivity index is 2.11. The second kappa shape index (κ2) is 9.30. The molecule has 0 aromatic heterocycles. The molecule has 1 fully saturated rings. The van der Waals surface area contributed by atoms with Gasteiger partial charge in [0.25, 0.3) is 0 Å². The number of hydrogen-bond acceptors (Lipinski definition) is 4. The number of amides is 1. The number of methoxy groups -OCH3 is 1. The van der Waals surface area contributed by atoms with E-state index in [4.69, 9.17) is 4.74 Å². The Kier molecular flexibility index (Phi) is 7.96. The van der Waals surface area contributed by atoms with Crippen molar-refractivity contribution >= 4 is 5.91 Å². The molecule has 1 atom stereocenters. The van der Waals surface area contributed by atoms with Crippen molar-refractivity contribution < 1.29 is 9.53 Å². The lowest BCUT2D eigenvalue weighted by Gasteiger charge is -2.19. The first-order valence-electron chi connectivity index (χ1n) is 6.92. The molecule has 0 aromatic rings. The SMILES string of the molecule is COCCN(C)CCNC(=O)C1CCCCCN1. The average molecular weight is 257 g/mol. The van der Waals surface area contributed by atoms with Crippen LogP contribution in [-0.4, -0.2) is 63.8 Å². The molecule has 2 N–H and O–H groups in total. The summed E-state index contributed by atoms with van der Waals surface area (Å²) in [5.74, 6) is 0.150. The van der Waals surface area contributed by atoms with E-state index in [0.717, 1.165) is 39.1 Å². The van der Waals surface area contributed by atoms with E-state index in [0.29, 0.717) is 6.54 Å². The van der Waals surface area contributed by atoms with E-state index in [1.807, 2.05) is 7.05 Å². The number of ether oxygens (including phenoxy) is 1. The summed E-state index contributed by atoms with van der Waals surface area (Å²) in [5.41, 5.74) is 0. The first kappa shape index (κ1) is 15.4. The van der Waals surface area contributed by atoms with E-state index in [2.05, 4.69) is 15.5 Å². The molecule has 5 nitrogen and oxygen atoms in total. The summed E-state index contributed by atoms with van der Waals surface area (Å²) in [6.45, 7) is 4.16. The van der Waals surface area contributed by atoms with Gasteiger partial charge in [0.05, 0.1) is 12.6 Å². The Hall–Kier alpha value is -0.650. The molecular formula is C13H27N3O2. The summed E-state index contributed by atoms with van der Waals surface area (Å²) >= 11 is 0. The van der Waals surface area contributed by atoms with Crippen LogP contribution in [0.5, 0.6) is 0 Å². The van der Waals surface area contributed by atoms with Crippen LogP contribution in [0.15, 0.2) is 0 Å². The highest BCUT2D eigenvalue weighted by molar-refractivity contribution is 5.81. The molecule has 1 unspecified atom stereocenters.